The highest BCUT2D eigenvalue weighted by Crippen LogP contribution is 2.22. The monoisotopic (exact) mass is 385 g/mol. The number of fused-ring (bicyclic) bond motifs is 1. The minimum atomic E-state index is -0.803. The number of halogens is 1. The minimum absolute atomic E-state index is 0.0314. The highest BCUT2D eigenvalue weighted by atomic mass is 19.1. The molecule has 0 saturated carbocycles. The molecule has 2 aromatic carbocycles. The van der Waals surface area contributed by atoms with Crippen molar-refractivity contribution in [3.63, 3.8) is 0 Å². The van der Waals surface area contributed by atoms with Crippen LogP contribution in [0, 0.1) is 5.82 Å². The average Bonchev–Trinajstić information content (AvgIpc) is 2.65. The van der Waals surface area contributed by atoms with Crippen LogP contribution in [0.15, 0.2) is 57.7 Å². The van der Waals surface area contributed by atoms with Gasteiger partial charge < -0.3 is 19.6 Å². The van der Waals surface area contributed by atoms with E-state index >= 15 is 0 Å². The van der Waals surface area contributed by atoms with Crippen molar-refractivity contribution in [2.75, 3.05) is 6.61 Å². The Morgan fingerprint density at radius 2 is 1.89 bits per heavy atom. The van der Waals surface area contributed by atoms with Crippen molar-refractivity contribution in [2.24, 2.45) is 0 Å². The molecule has 0 aliphatic rings. The maximum absolute atomic E-state index is 13.1. The van der Waals surface area contributed by atoms with Crippen molar-refractivity contribution in [1.29, 1.82) is 0 Å². The quantitative estimate of drug-likeness (QED) is 0.636. The molecule has 0 saturated heterocycles. The molecule has 2 N–H and O–H groups in total. The number of amides is 1. The minimum Gasteiger partial charge on any atom is -0.491 e. The number of aliphatic hydroxyl groups excluding tert-OH is 1. The molecule has 0 fully saturated rings. The Labute approximate surface area is 160 Å². The Hall–Kier alpha value is -3.19. The molecule has 7 heteroatoms. The van der Waals surface area contributed by atoms with Crippen molar-refractivity contribution in [3.05, 3.63) is 75.9 Å². The second kappa shape index (κ2) is 8.22. The molecule has 1 heterocycles. The maximum atomic E-state index is 13.1. The Balaban J connectivity index is 1.87. The lowest BCUT2D eigenvalue weighted by atomic mass is 10.1. The first-order chi connectivity index (χ1) is 13.4. The van der Waals surface area contributed by atoms with Crippen LogP contribution in [-0.4, -0.2) is 23.7 Å². The zero-order chi connectivity index (χ0) is 20.3. The fourth-order valence-electron chi connectivity index (χ4n) is 2.76. The molecule has 3 rings (SSSR count). The summed E-state index contributed by atoms with van der Waals surface area (Å²) in [6.45, 7) is 3.35. The molecule has 6 nitrogen and oxygen atoms in total. The van der Waals surface area contributed by atoms with E-state index in [0.717, 1.165) is 0 Å². The van der Waals surface area contributed by atoms with Gasteiger partial charge in [0, 0.05) is 11.5 Å². The van der Waals surface area contributed by atoms with Crippen LogP contribution in [0.2, 0.25) is 0 Å². The highest BCUT2D eigenvalue weighted by Gasteiger charge is 2.19. The van der Waals surface area contributed by atoms with Crippen molar-refractivity contribution in [2.45, 2.75) is 26.0 Å². The largest absolute Gasteiger partial charge is 0.491 e. The van der Waals surface area contributed by atoms with Crippen LogP contribution in [0.5, 0.6) is 5.75 Å². The van der Waals surface area contributed by atoms with E-state index in [1.807, 2.05) is 13.8 Å². The van der Waals surface area contributed by atoms with Crippen LogP contribution in [0.1, 0.15) is 35.8 Å². The topological polar surface area (TPSA) is 88.8 Å². The molecule has 0 radical (unpaired) electrons. The lowest BCUT2D eigenvalue weighted by Gasteiger charge is -2.16. The van der Waals surface area contributed by atoms with Gasteiger partial charge in [0.05, 0.1) is 18.8 Å². The van der Waals surface area contributed by atoms with Crippen molar-refractivity contribution in [3.8, 4) is 5.75 Å². The second-order valence-electron chi connectivity index (χ2n) is 6.57. The summed E-state index contributed by atoms with van der Waals surface area (Å²) in [6, 6.07) is 11.0. The Bertz CT molecular complexity index is 1040. The van der Waals surface area contributed by atoms with E-state index in [0.29, 0.717) is 22.3 Å². The summed E-state index contributed by atoms with van der Waals surface area (Å²) in [5.41, 5.74) is -0.178. The van der Waals surface area contributed by atoms with E-state index in [-0.39, 0.29) is 11.7 Å². The fourth-order valence-corrected chi connectivity index (χ4v) is 2.76. The molecule has 0 spiro atoms. The van der Waals surface area contributed by atoms with Gasteiger partial charge >= 0.3 is 5.63 Å². The first kappa shape index (κ1) is 19.6. The Morgan fingerprint density at radius 3 is 2.54 bits per heavy atom. The van der Waals surface area contributed by atoms with E-state index in [4.69, 9.17) is 9.15 Å². The van der Waals surface area contributed by atoms with Gasteiger partial charge in [0.15, 0.2) is 0 Å². The zero-order valence-corrected chi connectivity index (χ0v) is 15.4. The predicted molar refractivity (Wildman–Crippen MR) is 102 cm³/mol. The van der Waals surface area contributed by atoms with Gasteiger partial charge in [-0.05, 0) is 49.7 Å². The number of hydrogen-bond acceptors (Lipinski definition) is 5. The van der Waals surface area contributed by atoms with Gasteiger partial charge in [-0.2, -0.15) is 0 Å². The highest BCUT2D eigenvalue weighted by molar-refractivity contribution is 5.97. The Kier molecular flexibility index (Phi) is 5.75. The van der Waals surface area contributed by atoms with Gasteiger partial charge in [-0.3, -0.25) is 4.79 Å². The van der Waals surface area contributed by atoms with Crippen molar-refractivity contribution >= 4 is 16.9 Å². The number of nitrogens with one attached hydrogen (secondary N) is 1. The van der Waals surface area contributed by atoms with Gasteiger partial charge in [0.1, 0.15) is 22.7 Å². The van der Waals surface area contributed by atoms with Gasteiger partial charge in [-0.25, -0.2) is 9.18 Å². The lowest BCUT2D eigenvalue weighted by molar-refractivity contribution is 0.0912. The van der Waals surface area contributed by atoms with Gasteiger partial charge in [-0.1, -0.05) is 12.1 Å². The summed E-state index contributed by atoms with van der Waals surface area (Å²) >= 11 is 0. The van der Waals surface area contributed by atoms with Crippen LogP contribution < -0.4 is 15.7 Å². The van der Waals surface area contributed by atoms with Crippen molar-refractivity contribution in [1.82, 2.24) is 5.32 Å². The summed E-state index contributed by atoms with van der Waals surface area (Å²) in [6.07, 6.45) is -0.0314. The number of rotatable bonds is 6. The third-order valence-corrected chi connectivity index (χ3v) is 4.08. The summed E-state index contributed by atoms with van der Waals surface area (Å²) < 4.78 is 23.9. The van der Waals surface area contributed by atoms with E-state index in [9.17, 15) is 19.1 Å². The molecular weight excluding hydrogens is 365 g/mol. The van der Waals surface area contributed by atoms with Crippen LogP contribution in [-0.2, 0) is 0 Å². The first-order valence-electron chi connectivity index (χ1n) is 8.79. The van der Waals surface area contributed by atoms with Crippen LogP contribution >= 0.6 is 0 Å². The van der Waals surface area contributed by atoms with Crippen LogP contribution in [0.3, 0.4) is 0 Å². The summed E-state index contributed by atoms with van der Waals surface area (Å²) in [4.78, 5) is 24.8. The second-order valence-corrected chi connectivity index (χ2v) is 6.57. The molecule has 0 bridgehead atoms. The Morgan fingerprint density at radius 1 is 1.18 bits per heavy atom. The molecular formula is C21H20FNO5. The predicted octanol–water partition coefficient (Wildman–Crippen LogP) is 3.18. The number of benzene rings is 2. The molecule has 1 unspecified atom stereocenters. The fraction of sp³-hybridized carbons (Fsp3) is 0.238. The molecule has 1 amide bonds. The van der Waals surface area contributed by atoms with Gasteiger partial charge in [-0.15, -0.1) is 0 Å². The average molecular weight is 385 g/mol. The smallest absolute Gasteiger partial charge is 0.349 e. The summed E-state index contributed by atoms with van der Waals surface area (Å²) in [5, 5.41) is 12.7. The van der Waals surface area contributed by atoms with Crippen molar-refractivity contribution < 1.29 is 23.4 Å². The van der Waals surface area contributed by atoms with E-state index < -0.39 is 30.0 Å². The first-order valence-corrected chi connectivity index (χ1v) is 8.79. The molecule has 146 valence electrons. The number of ether oxygens (including phenoxy) is 1. The molecule has 28 heavy (non-hydrogen) atoms. The molecule has 1 atom stereocenters. The maximum Gasteiger partial charge on any atom is 0.349 e. The molecule has 0 aliphatic carbocycles. The van der Waals surface area contributed by atoms with Crippen LogP contribution in [0.4, 0.5) is 4.39 Å². The number of hydrogen-bond donors (Lipinski definition) is 2. The number of aliphatic hydroxyl groups is 1. The molecule has 1 aromatic heterocycles. The lowest BCUT2D eigenvalue weighted by Crippen LogP contribution is -2.33. The van der Waals surface area contributed by atoms with E-state index in [1.165, 1.54) is 30.3 Å². The number of carbonyl (C=O) groups is 1. The van der Waals surface area contributed by atoms with Gasteiger partial charge in [0.25, 0.3) is 5.91 Å². The SMILES string of the molecule is CC(C)Oc1ccc2cc(C(=O)NC(CO)c3ccc(F)cc3)c(=O)oc2c1. The molecule has 3 aromatic rings. The number of carbonyl (C=O) groups excluding carboxylic acids is 1. The summed E-state index contributed by atoms with van der Waals surface area (Å²) in [7, 11) is 0. The normalized spacial score (nSPS) is 12.2. The van der Waals surface area contributed by atoms with E-state index in [2.05, 4.69) is 5.32 Å². The third kappa shape index (κ3) is 4.37. The summed E-state index contributed by atoms with van der Waals surface area (Å²) in [5.74, 6) is -0.566. The van der Waals surface area contributed by atoms with Crippen LogP contribution in [0.25, 0.3) is 11.0 Å². The standard InChI is InChI=1S/C21H20FNO5/c1-12(2)27-16-8-5-14-9-17(21(26)28-19(14)10-16)20(25)23-18(11-24)13-3-6-15(22)7-4-13/h3-10,12,18,24H,11H2,1-2H3,(H,23,25). The molecule has 0 aliphatic heterocycles. The third-order valence-electron chi connectivity index (χ3n) is 4.08. The van der Waals surface area contributed by atoms with Gasteiger partial charge in [0.2, 0.25) is 0 Å². The van der Waals surface area contributed by atoms with E-state index in [1.54, 1.807) is 18.2 Å². The zero-order valence-electron chi connectivity index (χ0n) is 15.4.